The minimum absolute atomic E-state index is 0.103. The van der Waals surface area contributed by atoms with E-state index in [1.54, 1.807) is 11.8 Å². The number of hydrogen-bond donors (Lipinski definition) is 1. The molecule has 2 aliphatic heterocycles. The zero-order valence-corrected chi connectivity index (χ0v) is 11.4. The highest BCUT2D eigenvalue weighted by Crippen LogP contribution is 2.29. The van der Waals surface area contributed by atoms with Crippen LogP contribution >= 0.6 is 0 Å². The highest BCUT2D eigenvalue weighted by Gasteiger charge is 2.42. The maximum absolute atomic E-state index is 12.4. The monoisotopic (exact) mass is 276 g/mol. The second-order valence-electron chi connectivity index (χ2n) is 5.29. The van der Waals surface area contributed by atoms with Crippen molar-refractivity contribution in [2.24, 2.45) is 5.14 Å². The molecular formula is C11H20N2O4S. The summed E-state index contributed by atoms with van der Waals surface area (Å²) in [5, 5.41) is 4.52. The molecule has 0 aromatic rings. The molecule has 0 aliphatic carbocycles. The van der Waals surface area contributed by atoms with Gasteiger partial charge in [0.1, 0.15) is 5.60 Å². The normalized spacial score (nSPS) is 33.7. The molecule has 1 amide bonds. The van der Waals surface area contributed by atoms with Crippen molar-refractivity contribution in [2.75, 3.05) is 19.7 Å². The van der Waals surface area contributed by atoms with Crippen molar-refractivity contribution in [3.05, 3.63) is 0 Å². The van der Waals surface area contributed by atoms with Crippen LogP contribution < -0.4 is 5.14 Å². The van der Waals surface area contributed by atoms with E-state index in [9.17, 15) is 13.2 Å². The number of nitrogens with zero attached hydrogens (tertiary/aromatic N) is 1. The molecule has 2 N–H and O–H groups in total. The SMILES string of the molecule is CC1(C(=O)N2CCCC(S(N)(=O)=O)C2)CCCO1. The maximum atomic E-state index is 12.4. The van der Waals surface area contributed by atoms with Gasteiger partial charge >= 0.3 is 0 Å². The first kappa shape index (κ1) is 13.8. The van der Waals surface area contributed by atoms with Crippen molar-refractivity contribution in [1.29, 1.82) is 0 Å². The lowest BCUT2D eigenvalue weighted by Gasteiger charge is -2.36. The van der Waals surface area contributed by atoms with Gasteiger partial charge in [-0.3, -0.25) is 4.79 Å². The van der Waals surface area contributed by atoms with Crippen LogP contribution in [0.15, 0.2) is 0 Å². The molecule has 18 heavy (non-hydrogen) atoms. The smallest absolute Gasteiger partial charge is 0.254 e. The van der Waals surface area contributed by atoms with Crippen LogP contribution in [0, 0.1) is 0 Å². The number of sulfonamides is 1. The molecule has 0 aromatic carbocycles. The molecule has 104 valence electrons. The summed E-state index contributed by atoms with van der Waals surface area (Å²) in [6, 6.07) is 0. The van der Waals surface area contributed by atoms with Crippen LogP contribution in [0.3, 0.4) is 0 Å². The molecule has 2 aliphatic rings. The number of hydrogen-bond acceptors (Lipinski definition) is 4. The van der Waals surface area contributed by atoms with Gasteiger partial charge < -0.3 is 9.64 Å². The van der Waals surface area contributed by atoms with Gasteiger partial charge in [0.15, 0.2) is 0 Å². The molecule has 0 radical (unpaired) electrons. The summed E-state index contributed by atoms with van der Waals surface area (Å²) in [5.41, 5.74) is -0.778. The average Bonchev–Trinajstić information content (AvgIpc) is 2.75. The van der Waals surface area contributed by atoms with Gasteiger partial charge in [-0.15, -0.1) is 0 Å². The second-order valence-corrected chi connectivity index (χ2v) is 7.13. The van der Waals surface area contributed by atoms with Crippen molar-refractivity contribution in [3.8, 4) is 0 Å². The molecular weight excluding hydrogens is 256 g/mol. The minimum atomic E-state index is -3.57. The predicted molar refractivity (Wildman–Crippen MR) is 66.3 cm³/mol. The van der Waals surface area contributed by atoms with Crippen molar-refractivity contribution in [2.45, 2.75) is 43.5 Å². The average molecular weight is 276 g/mol. The lowest BCUT2D eigenvalue weighted by atomic mass is 9.99. The van der Waals surface area contributed by atoms with E-state index in [1.807, 2.05) is 0 Å². The summed E-state index contributed by atoms with van der Waals surface area (Å²) in [6.45, 7) is 3.15. The van der Waals surface area contributed by atoms with Crippen molar-refractivity contribution < 1.29 is 17.9 Å². The summed E-state index contributed by atoms with van der Waals surface area (Å²) in [4.78, 5) is 13.9. The molecule has 0 spiro atoms. The lowest BCUT2D eigenvalue weighted by molar-refractivity contribution is -0.151. The fraction of sp³-hybridized carbons (Fsp3) is 0.909. The number of primary sulfonamides is 1. The standard InChI is InChI=1S/C11H20N2O4S/c1-11(5-3-7-17-11)10(14)13-6-2-4-9(8-13)18(12,15)16/h9H,2-8H2,1H3,(H2,12,15,16). The van der Waals surface area contributed by atoms with Crippen molar-refractivity contribution in [3.63, 3.8) is 0 Å². The van der Waals surface area contributed by atoms with Gasteiger partial charge in [0.05, 0.1) is 5.25 Å². The summed E-state index contributed by atoms with van der Waals surface area (Å²) < 4.78 is 28.2. The van der Waals surface area contributed by atoms with Crippen molar-refractivity contribution in [1.82, 2.24) is 4.90 Å². The molecule has 0 bridgehead atoms. The number of likely N-dealkylation sites (tertiary alicyclic amines) is 1. The minimum Gasteiger partial charge on any atom is -0.365 e. The number of amides is 1. The topological polar surface area (TPSA) is 89.7 Å². The van der Waals surface area contributed by atoms with E-state index >= 15 is 0 Å². The zero-order chi connectivity index (χ0) is 13.4. The lowest BCUT2D eigenvalue weighted by Crippen LogP contribution is -2.53. The Morgan fingerprint density at radius 2 is 2.17 bits per heavy atom. The first-order valence-electron chi connectivity index (χ1n) is 6.28. The number of nitrogens with two attached hydrogens (primary N) is 1. The van der Waals surface area contributed by atoms with E-state index in [2.05, 4.69) is 0 Å². The van der Waals surface area contributed by atoms with E-state index in [-0.39, 0.29) is 12.5 Å². The Balaban J connectivity index is 2.07. The first-order chi connectivity index (χ1) is 8.33. The molecule has 2 saturated heterocycles. The van der Waals surface area contributed by atoms with E-state index in [1.165, 1.54) is 0 Å². The third-order valence-electron chi connectivity index (χ3n) is 3.80. The van der Waals surface area contributed by atoms with Gasteiger partial charge in [0, 0.05) is 19.7 Å². The largest absolute Gasteiger partial charge is 0.365 e. The molecule has 2 rings (SSSR count). The Morgan fingerprint density at radius 1 is 1.44 bits per heavy atom. The van der Waals surface area contributed by atoms with E-state index < -0.39 is 20.9 Å². The second kappa shape index (κ2) is 4.79. The van der Waals surface area contributed by atoms with Crippen molar-refractivity contribution >= 4 is 15.9 Å². The van der Waals surface area contributed by atoms with E-state index in [4.69, 9.17) is 9.88 Å². The Kier molecular flexibility index (Phi) is 3.66. The number of carbonyl (C=O) groups is 1. The summed E-state index contributed by atoms with van der Waals surface area (Å²) in [5.74, 6) is -0.103. The number of ether oxygens (including phenoxy) is 1. The summed E-state index contributed by atoms with van der Waals surface area (Å²) in [6.07, 6.45) is 2.76. The predicted octanol–water partition coefficient (Wildman–Crippen LogP) is -0.165. The molecule has 2 heterocycles. The Morgan fingerprint density at radius 3 is 2.72 bits per heavy atom. The van der Waals surface area contributed by atoms with Gasteiger partial charge in [-0.05, 0) is 32.6 Å². The van der Waals surface area contributed by atoms with Crippen LogP contribution in [-0.4, -0.2) is 49.8 Å². The maximum Gasteiger partial charge on any atom is 0.254 e. The summed E-state index contributed by atoms with van der Waals surface area (Å²) in [7, 11) is -3.57. The van der Waals surface area contributed by atoms with Gasteiger partial charge in [0.25, 0.3) is 5.91 Å². The molecule has 6 nitrogen and oxygen atoms in total. The van der Waals surface area contributed by atoms with Gasteiger partial charge in [-0.1, -0.05) is 0 Å². The Hall–Kier alpha value is -0.660. The highest BCUT2D eigenvalue weighted by atomic mass is 32.2. The molecule has 0 saturated carbocycles. The molecule has 7 heteroatoms. The van der Waals surface area contributed by atoms with Gasteiger partial charge in [-0.25, -0.2) is 13.6 Å². The first-order valence-corrected chi connectivity index (χ1v) is 7.89. The van der Waals surface area contributed by atoms with Crippen LogP contribution in [0.5, 0.6) is 0 Å². The van der Waals surface area contributed by atoms with E-state index in [0.29, 0.717) is 32.4 Å². The molecule has 2 unspecified atom stereocenters. The number of carbonyl (C=O) groups excluding carboxylic acids is 1. The Labute approximate surface area is 108 Å². The number of piperidine rings is 1. The molecule has 0 aromatic heterocycles. The van der Waals surface area contributed by atoms with Crippen LogP contribution in [-0.2, 0) is 19.6 Å². The van der Waals surface area contributed by atoms with Crippen LogP contribution in [0.1, 0.15) is 32.6 Å². The van der Waals surface area contributed by atoms with Gasteiger partial charge in [0.2, 0.25) is 10.0 Å². The summed E-state index contributed by atoms with van der Waals surface area (Å²) >= 11 is 0. The fourth-order valence-electron chi connectivity index (χ4n) is 2.67. The fourth-order valence-corrected chi connectivity index (χ4v) is 3.56. The van der Waals surface area contributed by atoms with Crippen LogP contribution in [0.2, 0.25) is 0 Å². The van der Waals surface area contributed by atoms with Crippen LogP contribution in [0.4, 0.5) is 0 Å². The molecule has 2 atom stereocenters. The highest BCUT2D eigenvalue weighted by molar-refractivity contribution is 7.89. The number of rotatable bonds is 2. The van der Waals surface area contributed by atoms with E-state index in [0.717, 1.165) is 6.42 Å². The molecule has 2 fully saturated rings. The van der Waals surface area contributed by atoms with Crippen LogP contribution in [0.25, 0.3) is 0 Å². The van der Waals surface area contributed by atoms with Gasteiger partial charge in [-0.2, -0.15) is 0 Å². The quantitative estimate of drug-likeness (QED) is 0.758. The zero-order valence-electron chi connectivity index (χ0n) is 10.6. The third-order valence-corrected chi connectivity index (χ3v) is 5.12. The Bertz CT molecular complexity index is 428. The third kappa shape index (κ3) is 2.67.